The number of aryl methyl sites for hydroxylation is 1. The van der Waals surface area contributed by atoms with Gasteiger partial charge < -0.3 is 10.1 Å². The molecule has 1 heterocycles. The van der Waals surface area contributed by atoms with E-state index in [4.69, 9.17) is 4.74 Å². The molecule has 0 aromatic heterocycles. The van der Waals surface area contributed by atoms with Crippen LogP contribution in [-0.2, 0) is 11.2 Å². The number of rotatable bonds is 5. The van der Waals surface area contributed by atoms with Crippen LogP contribution in [0.4, 0.5) is 5.69 Å². The van der Waals surface area contributed by atoms with Crippen molar-refractivity contribution in [3.63, 3.8) is 0 Å². The van der Waals surface area contributed by atoms with Crippen molar-refractivity contribution in [2.75, 3.05) is 25.1 Å². The van der Waals surface area contributed by atoms with Gasteiger partial charge >= 0.3 is 0 Å². The van der Waals surface area contributed by atoms with E-state index < -0.39 is 0 Å². The van der Waals surface area contributed by atoms with Crippen molar-refractivity contribution in [2.45, 2.75) is 26.2 Å². The maximum Gasteiger partial charge on any atom is 0.0511 e. The van der Waals surface area contributed by atoms with Gasteiger partial charge in [0.2, 0.25) is 0 Å². The molecule has 2 heteroatoms. The molecule has 1 N–H and O–H groups in total. The summed E-state index contributed by atoms with van der Waals surface area (Å²) in [5.41, 5.74) is 2.74. The zero-order chi connectivity index (χ0) is 11.2. The minimum atomic E-state index is 0.690. The highest BCUT2D eigenvalue weighted by molar-refractivity contribution is 5.51. The van der Waals surface area contributed by atoms with Gasteiger partial charge in [0.1, 0.15) is 0 Å². The number of hydrogen-bond donors (Lipinski definition) is 1. The minimum absolute atomic E-state index is 0.690. The molecule has 1 aliphatic heterocycles. The summed E-state index contributed by atoms with van der Waals surface area (Å²) in [5, 5.41) is 3.56. The Kier molecular flexibility index (Phi) is 4.23. The fraction of sp³-hybridized carbons (Fsp3) is 0.571. The van der Waals surface area contributed by atoms with Gasteiger partial charge in [-0.25, -0.2) is 0 Å². The Hall–Kier alpha value is -1.02. The molecule has 2 nitrogen and oxygen atoms in total. The van der Waals surface area contributed by atoms with Gasteiger partial charge in [0, 0.05) is 24.8 Å². The second-order valence-electron chi connectivity index (χ2n) is 4.52. The standard InChI is InChI=1S/C14H21NO/c1-2-5-13-6-3-4-7-14(13)15-10-12-8-9-16-11-12/h3-4,6-7,12,15H,2,5,8-11H2,1H3. The molecule has 1 aliphatic rings. The second kappa shape index (κ2) is 5.90. The molecule has 1 unspecified atom stereocenters. The van der Waals surface area contributed by atoms with Gasteiger partial charge in [0.05, 0.1) is 6.61 Å². The highest BCUT2D eigenvalue weighted by Crippen LogP contribution is 2.19. The van der Waals surface area contributed by atoms with Gasteiger partial charge in [-0.15, -0.1) is 0 Å². The van der Waals surface area contributed by atoms with E-state index in [1.807, 2.05) is 0 Å². The van der Waals surface area contributed by atoms with Gasteiger partial charge in [-0.2, -0.15) is 0 Å². The molecule has 1 aromatic rings. The fourth-order valence-electron chi connectivity index (χ4n) is 2.18. The Balaban J connectivity index is 1.91. The van der Waals surface area contributed by atoms with E-state index in [-0.39, 0.29) is 0 Å². The molecular formula is C14H21NO. The van der Waals surface area contributed by atoms with E-state index in [1.54, 1.807) is 0 Å². The Bertz CT molecular complexity index is 318. The highest BCUT2D eigenvalue weighted by Gasteiger charge is 2.15. The summed E-state index contributed by atoms with van der Waals surface area (Å²) in [4.78, 5) is 0. The molecule has 0 spiro atoms. The molecule has 0 amide bonds. The van der Waals surface area contributed by atoms with Crippen molar-refractivity contribution in [1.82, 2.24) is 0 Å². The van der Waals surface area contributed by atoms with Gasteiger partial charge in [0.25, 0.3) is 0 Å². The van der Waals surface area contributed by atoms with Crippen LogP contribution in [0.2, 0.25) is 0 Å². The van der Waals surface area contributed by atoms with E-state index >= 15 is 0 Å². The number of hydrogen-bond acceptors (Lipinski definition) is 2. The predicted octanol–water partition coefficient (Wildman–Crippen LogP) is 3.09. The molecule has 16 heavy (non-hydrogen) atoms. The van der Waals surface area contributed by atoms with Gasteiger partial charge in [-0.05, 0) is 24.5 Å². The number of benzene rings is 1. The number of ether oxygens (including phenoxy) is 1. The first-order valence-electron chi connectivity index (χ1n) is 6.29. The van der Waals surface area contributed by atoms with Crippen LogP contribution in [0, 0.1) is 5.92 Å². The quantitative estimate of drug-likeness (QED) is 0.821. The van der Waals surface area contributed by atoms with Crippen molar-refractivity contribution in [3.8, 4) is 0 Å². The van der Waals surface area contributed by atoms with Crippen LogP contribution in [0.3, 0.4) is 0 Å². The number of para-hydroxylation sites is 1. The van der Waals surface area contributed by atoms with Crippen molar-refractivity contribution >= 4 is 5.69 Å². The average molecular weight is 219 g/mol. The third kappa shape index (κ3) is 2.99. The highest BCUT2D eigenvalue weighted by atomic mass is 16.5. The van der Waals surface area contributed by atoms with Crippen molar-refractivity contribution in [2.24, 2.45) is 5.92 Å². The Morgan fingerprint density at radius 1 is 1.38 bits per heavy atom. The molecule has 0 bridgehead atoms. The average Bonchev–Trinajstić information content (AvgIpc) is 2.81. The Morgan fingerprint density at radius 3 is 3.00 bits per heavy atom. The lowest BCUT2D eigenvalue weighted by Gasteiger charge is -2.14. The first-order valence-corrected chi connectivity index (χ1v) is 6.29. The molecule has 0 saturated carbocycles. The van der Waals surface area contributed by atoms with Crippen LogP contribution < -0.4 is 5.32 Å². The van der Waals surface area contributed by atoms with Crippen molar-refractivity contribution in [1.29, 1.82) is 0 Å². The summed E-state index contributed by atoms with van der Waals surface area (Å²) in [6.45, 7) is 5.12. The van der Waals surface area contributed by atoms with Crippen molar-refractivity contribution < 1.29 is 4.74 Å². The molecule has 1 saturated heterocycles. The molecule has 88 valence electrons. The minimum Gasteiger partial charge on any atom is -0.384 e. The van der Waals surface area contributed by atoms with Crippen molar-refractivity contribution in [3.05, 3.63) is 29.8 Å². The molecule has 0 radical (unpaired) electrons. The normalized spacial score (nSPS) is 19.9. The first kappa shape index (κ1) is 11.5. The maximum absolute atomic E-state index is 5.38. The largest absolute Gasteiger partial charge is 0.384 e. The molecule has 1 aromatic carbocycles. The van der Waals surface area contributed by atoms with Gasteiger partial charge in [0.15, 0.2) is 0 Å². The molecule has 2 rings (SSSR count). The van der Waals surface area contributed by atoms with E-state index in [2.05, 4.69) is 36.5 Å². The Morgan fingerprint density at radius 2 is 2.25 bits per heavy atom. The molecule has 0 aliphatic carbocycles. The van der Waals surface area contributed by atoms with Crippen LogP contribution in [0.1, 0.15) is 25.3 Å². The lowest BCUT2D eigenvalue weighted by Crippen LogP contribution is -2.14. The lowest BCUT2D eigenvalue weighted by molar-refractivity contribution is 0.187. The lowest BCUT2D eigenvalue weighted by atomic mass is 10.1. The molecular weight excluding hydrogens is 198 g/mol. The van der Waals surface area contributed by atoms with Crippen LogP contribution in [0.25, 0.3) is 0 Å². The molecule has 1 fully saturated rings. The summed E-state index contributed by atoms with van der Waals surface area (Å²) in [5.74, 6) is 0.690. The summed E-state index contributed by atoms with van der Waals surface area (Å²) in [6.07, 6.45) is 3.55. The predicted molar refractivity (Wildman–Crippen MR) is 67.9 cm³/mol. The van der Waals surface area contributed by atoms with Crippen LogP contribution in [0.5, 0.6) is 0 Å². The third-order valence-corrected chi connectivity index (χ3v) is 3.14. The number of anilines is 1. The second-order valence-corrected chi connectivity index (χ2v) is 4.52. The first-order chi connectivity index (χ1) is 7.90. The maximum atomic E-state index is 5.38. The van der Waals surface area contributed by atoms with E-state index in [0.717, 1.165) is 26.2 Å². The fourth-order valence-corrected chi connectivity index (χ4v) is 2.18. The summed E-state index contributed by atoms with van der Waals surface area (Å²) in [7, 11) is 0. The zero-order valence-corrected chi connectivity index (χ0v) is 10.0. The van der Waals surface area contributed by atoms with E-state index in [1.165, 1.54) is 24.1 Å². The zero-order valence-electron chi connectivity index (χ0n) is 10.0. The van der Waals surface area contributed by atoms with Crippen LogP contribution >= 0.6 is 0 Å². The number of nitrogens with one attached hydrogen (secondary N) is 1. The van der Waals surface area contributed by atoms with Crippen LogP contribution in [0.15, 0.2) is 24.3 Å². The summed E-state index contributed by atoms with van der Waals surface area (Å²) >= 11 is 0. The van der Waals surface area contributed by atoms with Gasteiger partial charge in [-0.3, -0.25) is 0 Å². The van der Waals surface area contributed by atoms with Crippen LogP contribution in [-0.4, -0.2) is 19.8 Å². The third-order valence-electron chi connectivity index (χ3n) is 3.14. The SMILES string of the molecule is CCCc1ccccc1NCC1CCOC1. The summed E-state index contributed by atoms with van der Waals surface area (Å²) in [6, 6.07) is 8.62. The monoisotopic (exact) mass is 219 g/mol. The molecule has 1 atom stereocenters. The summed E-state index contributed by atoms with van der Waals surface area (Å²) < 4.78 is 5.38. The van der Waals surface area contributed by atoms with E-state index in [9.17, 15) is 0 Å². The smallest absolute Gasteiger partial charge is 0.0511 e. The van der Waals surface area contributed by atoms with Gasteiger partial charge in [-0.1, -0.05) is 31.5 Å². The Labute approximate surface area is 98.0 Å². The topological polar surface area (TPSA) is 21.3 Å². The van der Waals surface area contributed by atoms with E-state index in [0.29, 0.717) is 5.92 Å².